The van der Waals surface area contributed by atoms with Gasteiger partial charge in [0.1, 0.15) is 11.5 Å². The van der Waals surface area contributed by atoms with Crippen LogP contribution < -0.4 is 14.9 Å². The number of rotatable bonds is 17. The van der Waals surface area contributed by atoms with Crippen molar-refractivity contribution in [1.82, 2.24) is 39.6 Å². The Bertz CT molecular complexity index is 2050. The van der Waals surface area contributed by atoms with E-state index >= 15 is 0 Å². The van der Waals surface area contributed by atoms with Gasteiger partial charge in [-0.1, -0.05) is 88.8 Å². The minimum Gasteiger partial charge on any atom is -0.497 e. The highest BCUT2D eigenvalue weighted by Crippen LogP contribution is 2.16. The lowest BCUT2D eigenvalue weighted by Crippen LogP contribution is -2.36. The zero-order valence-electron chi connectivity index (χ0n) is 32.6. The van der Waals surface area contributed by atoms with Crippen molar-refractivity contribution in [2.45, 2.75) is 59.8 Å². The van der Waals surface area contributed by atoms with Gasteiger partial charge in [-0.25, -0.2) is 9.36 Å². The Hall–Kier alpha value is -5.29. The van der Waals surface area contributed by atoms with Crippen LogP contribution in [-0.4, -0.2) is 95.1 Å². The predicted molar refractivity (Wildman–Crippen MR) is 218 cm³/mol. The summed E-state index contributed by atoms with van der Waals surface area (Å²) in [6, 6.07) is 31.0. The van der Waals surface area contributed by atoms with Crippen LogP contribution in [0.2, 0.25) is 13.6 Å². The Morgan fingerprint density at radius 2 is 1.11 bits per heavy atom. The van der Waals surface area contributed by atoms with Crippen LogP contribution in [0.4, 0.5) is 0 Å². The maximum Gasteiger partial charge on any atom is 0.488 e. The molecule has 0 aliphatic heterocycles. The van der Waals surface area contributed by atoms with Gasteiger partial charge in [0, 0.05) is 26.2 Å². The highest BCUT2D eigenvalue weighted by molar-refractivity contribution is 6.58. The van der Waals surface area contributed by atoms with Crippen LogP contribution in [-0.2, 0) is 39.3 Å². The first-order valence-electron chi connectivity index (χ1n) is 18.4. The van der Waals surface area contributed by atoms with Crippen molar-refractivity contribution in [3.63, 3.8) is 0 Å². The Morgan fingerprint density at radius 3 is 1.62 bits per heavy atom. The third kappa shape index (κ3) is 12.6. The van der Waals surface area contributed by atoms with Gasteiger partial charge in [0.05, 0.1) is 51.1 Å². The second kappa shape index (κ2) is 20.6. The monoisotopic (exact) mass is 758 g/mol. The number of hydrogen-bond acceptors (Lipinski definition) is 12. The molecule has 0 amide bonds. The molecule has 6 aromatic rings. The van der Waals surface area contributed by atoms with Crippen LogP contribution in [0.5, 0.6) is 11.5 Å². The lowest BCUT2D eigenvalue weighted by Gasteiger charge is -2.23. The average Bonchev–Trinajstić information content (AvgIpc) is 3.84. The van der Waals surface area contributed by atoms with Gasteiger partial charge in [0.15, 0.2) is 0 Å². The molecule has 0 unspecified atom stereocenters. The summed E-state index contributed by atoms with van der Waals surface area (Å²) >= 11 is 0. The molecule has 4 N–H and O–H groups in total. The van der Waals surface area contributed by atoms with E-state index in [0.717, 1.165) is 45.1 Å². The van der Waals surface area contributed by atoms with E-state index < -0.39 is 21.2 Å². The fourth-order valence-electron chi connectivity index (χ4n) is 5.86. The molecule has 2 heterocycles. The summed E-state index contributed by atoms with van der Waals surface area (Å²) in [5.74, 6) is 1.64. The Kier molecular flexibility index (Phi) is 15.4. The lowest BCUT2D eigenvalue weighted by atomic mass is 9.79. The van der Waals surface area contributed by atoms with Crippen molar-refractivity contribution >= 4 is 26.7 Å². The molecule has 14 nitrogen and oxygen atoms in total. The van der Waals surface area contributed by atoms with E-state index in [1.807, 2.05) is 81.2 Å². The molecule has 2 aromatic heterocycles. The summed E-state index contributed by atoms with van der Waals surface area (Å²) in [7, 11) is 0.554. The molecule has 0 saturated carbocycles. The number of aromatic nitrogens is 6. The molecular weight excluding hydrogens is 709 g/mol. The van der Waals surface area contributed by atoms with Gasteiger partial charge in [0.2, 0.25) is 0 Å². The summed E-state index contributed by atoms with van der Waals surface area (Å²) < 4.78 is 14.0. The van der Waals surface area contributed by atoms with Crippen LogP contribution in [0, 0.1) is 6.92 Å². The highest BCUT2D eigenvalue weighted by Gasteiger charge is 2.21. The van der Waals surface area contributed by atoms with Gasteiger partial charge in [-0.2, -0.15) is 0 Å². The maximum absolute atomic E-state index is 10.2. The minimum atomic E-state index is -1.49. The SMILES string of the molecule is COc1ccc(Cn2cc(CN(Cc3ccc(B(O)O)cc3)B(C)O)nn2)cc1.COc1ccc(Cn2nncc2CN(Cc2ccc(C)cc2)B(C)O)cc1. The van der Waals surface area contributed by atoms with Crippen LogP contribution in [0.1, 0.15) is 39.2 Å². The Morgan fingerprint density at radius 1 is 0.607 bits per heavy atom. The molecule has 17 heteroatoms. The minimum absolute atomic E-state index is 0.429. The van der Waals surface area contributed by atoms with Crippen molar-refractivity contribution in [1.29, 1.82) is 0 Å². The molecular formula is C39H49B3N8O6. The first kappa shape index (κ1) is 41.9. The number of aryl methyl sites for hydroxylation is 1. The molecule has 290 valence electrons. The zero-order valence-corrected chi connectivity index (χ0v) is 32.6. The Labute approximate surface area is 329 Å². The number of methoxy groups -OCH3 is 2. The first-order valence-corrected chi connectivity index (χ1v) is 18.4. The van der Waals surface area contributed by atoms with Gasteiger partial charge >= 0.3 is 21.2 Å². The van der Waals surface area contributed by atoms with E-state index in [4.69, 9.17) is 9.47 Å². The quantitative estimate of drug-likeness (QED) is 0.101. The van der Waals surface area contributed by atoms with Crippen LogP contribution in [0.3, 0.4) is 0 Å². The van der Waals surface area contributed by atoms with Crippen LogP contribution in [0.25, 0.3) is 0 Å². The zero-order chi connectivity index (χ0) is 40.0. The fraction of sp³-hybridized carbons (Fsp3) is 0.282. The molecule has 0 spiro atoms. The van der Waals surface area contributed by atoms with Crippen LogP contribution in [0.15, 0.2) is 109 Å². The van der Waals surface area contributed by atoms with Gasteiger partial charge in [-0.3, -0.25) is 0 Å². The molecule has 4 aromatic carbocycles. The molecule has 6 rings (SSSR count). The molecule has 0 fully saturated rings. The third-order valence-corrected chi connectivity index (χ3v) is 9.24. The molecule has 56 heavy (non-hydrogen) atoms. The second-order valence-electron chi connectivity index (χ2n) is 13.7. The van der Waals surface area contributed by atoms with E-state index in [1.165, 1.54) is 5.56 Å². The fourth-order valence-corrected chi connectivity index (χ4v) is 5.86. The highest BCUT2D eigenvalue weighted by atomic mass is 16.5. The summed E-state index contributed by atoms with van der Waals surface area (Å²) in [6.45, 7) is 8.92. The third-order valence-electron chi connectivity index (χ3n) is 9.24. The van der Waals surface area contributed by atoms with E-state index in [9.17, 15) is 20.1 Å². The predicted octanol–water partition coefficient (Wildman–Crippen LogP) is 2.88. The van der Waals surface area contributed by atoms with E-state index in [-0.39, 0.29) is 0 Å². The number of hydrogen-bond donors (Lipinski definition) is 4. The smallest absolute Gasteiger partial charge is 0.488 e. The summed E-state index contributed by atoms with van der Waals surface area (Å²) in [4.78, 5) is 3.85. The van der Waals surface area contributed by atoms with Crippen molar-refractivity contribution in [2.75, 3.05) is 14.2 Å². The maximum atomic E-state index is 10.2. The molecule has 0 aliphatic carbocycles. The van der Waals surface area contributed by atoms with Crippen LogP contribution >= 0.6 is 0 Å². The van der Waals surface area contributed by atoms with E-state index in [0.29, 0.717) is 44.7 Å². The van der Waals surface area contributed by atoms with Crippen molar-refractivity contribution < 1.29 is 29.6 Å². The molecule has 0 bridgehead atoms. The molecule has 0 aliphatic rings. The molecule has 0 radical (unpaired) electrons. The molecule has 0 saturated heterocycles. The number of ether oxygens (including phenoxy) is 2. The number of nitrogens with zero attached hydrogens (tertiary/aromatic N) is 8. The van der Waals surface area contributed by atoms with Gasteiger partial charge in [-0.05, 0) is 72.6 Å². The first-order chi connectivity index (χ1) is 27.0. The topological polar surface area (TPSA) is 167 Å². The number of benzene rings is 4. The van der Waals surface area contributed by atoms with Gasteiger partial charge in [-0.15, -0.1) is 10.2 Å². The largest absolute Gasteiger partial charge is 0.497 e. The summed E-state index contributed by atoms with van der Waals surface area (Å²) in [5.41, 5.74) is 7.67. The Balaban J connectivity index is 0.000000215. The van der Waals surface area contributed by atoms with E-state index in [1.54, 1.807) is 50.9 Å². The van der Waals surface area contributed by atoms with E-state index in [2.05, 4.69) is 51.8 Å². The van der Waals surface area contributed by atoms with Crippen molar-refractivity contribution in [2.24, 2.45) is 0 Å². The van der Waals surface area contributed by atoms with Gasteiger partial charge < -0.3 is 39.2 Å². The van der Waals surface area contributed by atoms with Crippen molar-refractivity contribution in [3.8, 4) is 11.5 Å². The normalized spacial score (nSPS) is 11.0. The summed E-state index contributed by atoms with van der Waals surface area (Å²) in [6.07, 6.45) is 3.62. The average molecular weight is 758 g/mol. The van der Waals surface area contributed by atoms with Gasteiger partial charge in [0.25, 0.3) is 0 Å². The summed E-state index contributed by atoms with van der Waals surface area (Å²) in [5, 5.41) is 55.4. The standard InChI is InChI=1S/C20H25BN4O2.C19H24B2N4O4/c1-16-4-6-17(7-5-16)13-24(21(2)26)15-19-12-22-23-25(19)14-18-8-10-20(27-3)11-9-18;1-20(26)24(11-15-3-7-17(8-4-15)21(27)28)13-18-14-25(23-22-18)12-16-5-9-19(29-2)10-6-16/h4-12,26H,13-15H2,1-3H3;3-10,14,26-28H,11-13H2,1-2H3. The second-order valence-corrected chi connectivity index (χ2v) is 13.7. The van der Waals surface area contributed by atoms with Crippen molar-refractivity contribution in [3.05, 3.63) is 149 Å². The lowest BCUT2D eigenvalue weighted by molar-refractivity contribution is 0.343. The molecule has 0 atom stereocenters.